The average molecular weight is 246 g/mol. The van der Waals surface area contributed by atoms with Gasteiger partial charge in [-0.15, -0.1) is 11.3 Å². The number of thiophene rings is 1. The Hall–Kier alpha value is -1.13. The lowest BCUT2D eigenvalue weighted by atomic mass is 10.3. The van der Waals surface area contributed by atoms with Crippen LogP contribution in [0.2, 0.25) is 5.02 Å². The molecule has 1 nitrogen and oxygen atoms in total. The number of hydrogen-bond acceptors (Lipinski definition) is 2. The molecule has 0 N–H and O–H groups in total. The molecule has 0 aliphatic rings. The number of hydrogen-bond donors (Lipinski definition) is 0. The van der Waals surface area contributed by atoms with Gasteiger partial charge in [0.2, 0.25) is 5.82 Å². The van der Waals surface area contributed by atoms with Crippen molar-refractivity contribution >= 4 is 22.9 Å². The highest BCUT2D eigenvalue weighted by Crippen LogP contribution is 2.33. The highest BCUT2D eigenvalue weighted by Gasteiger charge is 2.11. The first-order chi connectivity index (χ1) is 7.18. The van der Waals surface area contributed by atoms with Crippen molar-refractivity contribution in [3.8, 4) is 11.5 Å². The Morgan fingerprint density at radius 1 is 1.27 bits per heavy atom. The average Bonchev–Trinajstić information content (AvgIpc) is 2.60. The maximum Gasteiger partial charge on any atom is 0.201 e. The maximum atomic E-state index is 13.2. The van der Waals surface area contributed by atoms with Crippen LogP contribution in [0.15, 0.2) is 23.6 Å². The van der Waals surface area contributed by atoms with Crippen molar-refractivity contribution in [3.05, 3.63) is 45.6 Å². The summed E-state index contributed by atoms with van der Waals surface area (Å²) in [5.74, 6) is -1.91. The predicted octanol–water partition coefficient (Wildman–Crippen LogP) is 4.27. The molecule has 0 bridgehead atoms. The van der Waals surface area contributed by atoms with Gasteiger partial charge in [-0.2, -0.15) is 4.39 Å². The third kappa shape index (κ3) is 2.11. The van der Waals surface area contributed by atoms with E-state index in [2.05, 4.69) is 5.38 Å². The van der Waals surface area contributed by atoms with Crippen LogP contribution in [0.3, 0.4) is 0 Å². The van der Waals surface area contributed by atoms with E-state index in [1.807, 2.05) is 0 Å². The second-order valence-electron chi connectivity index (χ2n) is 2.67. The van der Waals surface area contributed by atoms with Gasteiger partial charge >= 0.3 is 0 Å². The van der Waals surface area contributed by atoms with Crippen molar-refractivity contribution < 1.29 is 13.5 Å². The van der Waals surface area contributed by atoms with E-state index in [4.69, 9.17) is 16.3 Å². The summed E-state index contributed by atoms with van der Waals surface area (Å²) in [6.07, 6.45) is 0. The molecule has 0 unspecified atom stereocenters. The van der Waals surface area contributed by atoms with Crippen LogP contribution in [-0.2, 0) is 0 Å². The van der Waals surface area contributed by atoms with Crippen LogP contribution in [0, 0.1) is 17.0 Å². The van der Waals surface area contributed by atoms with Gasteiger partial charge in [-0.05, 0) is 12.1 Å². The van der Waals surface area contributed by atoms with Crippen molar-refractivity contribution in [3.63, 3.8) is 0 Å². The monoisotopic (exact) mass is 245 g/mol. The Morgan fingerprint density at radius 3 is 2.73 bits per heavy atom. The number of rotatable bonds is 2. The first-order valence-electron chi connectivity index (χ1n) is 3.95. The molecule has 0 aliphatic heterocycles. The Morgan fingerprint density at radius 2 is 2.07 bits per heavy atom. The molecular formula is C10H4ClF2OS. The summed E-state index contributed by atoms with van der Waals surface area (Å²) in [6.45, 7) is 0. The molecular weight excluding hydrogens is 242 g/mol. The Kier molecular flexibility index (Phi) is 2.88. The number of benzene rings is 1. The number of halogens is 3. The molecule has 0 amide bonds. The normalized spacial score (nSPS) is 10.3. The van der Waals surface area contributed by atoms with Gasteiger partial charge in [0.05, 0.1) is 5.38 Å². The van der Waals surface area contributed by atoms with E-state index in [9.17, 15) is 8.78 Å². The third-order valence-corrected chi connectivity index (χ3v) is 2.71. The van der Waals surface area contributed by atoms with E-state index in [0.717, 1.165) is 6.07 Å². The summed E-state index contributed by atoms with van der Waals surface area (Å²) < 4.78 is 31.1. The van der Waals surface area contributed by atoms with Crippen LogP contribution in [0.4, 0.5) is 8.78 Å². The Bertz CT molecular complexity index is 484. The molecule has 5 heteroatoms. The Balaban J connectivity index is 2.33. The molecule has 0 saturated carbocycles. The van der Waals surface area contributed by atoms with Crippen molar-refractivity contribution in [1.82, 2.24) is 0 Å². The zero-order chi connectivity index (χ0) is 10.8. The second kappa shape index (κ2) is 4.16. The van der Waals surface area contributed by atoms with Crippen molar-refractivity contribution in [1.29, 1.82) is 0 Å². The van der Waals surface area contributed by atoms with Crippen LogP contribution >= 0.6 is 22.9 Å². The molecule has 1 aromatic carbocycles. The summed E-state index contributed by atoms with van der Waals surface area (Å²) in [4.78, 5) is 0. The van der Waals surface area contributed by atoms with Crippen LogP contribution in [0.5, 0.6) is 11.5 Å². The summed E-state index contributed by atoms with van der Waals surface area (Å²) in [7, 11) is 0. The standard InChI is InChI=1S/C10H4ClF2OS/c11-6-4-15-5-9(6)14-8-3-1-2-7(12)10(8)13/h1-3,5H. The molecule has 0 fully saturated rings. The molecule has 2 rings (SSSR count). The van der Waals surface area contributed by atoms with E-state index in [0.29, 0.717) is 0 Å². The van der Waals surface area contributed by atoms with Gasteiger partial charge in [-0.1, -0.05) is 17.7 Å². The fraction of sp³-hybridized carbons (Fsp3) is 0. The molecule has 0 saturated heterocycles. The highest BCUT2D eigenvalue weighted by molar-refractivity contribution is 7.08. The zero-order valence-corrected chi connectivity index (χ0v) is 8.83. The third-order valence-electron chi connectivity index (χ3n) is 1.67. The maximum absolute atomic E-state index is 13.2. The van der Waals surface area contributed by atoms with E-state index in [-0.39, 0.29) is 16.5 Å². The van der Waals surface area contributed by atoms with Crippen molar-refractivity contribution in [2.75, 3.05) is 0 Å². The molecule has 1 heterocycles. The van der Waals surface area contributed by atoms with Gasteiger partial charge in [0.1, 0.15) is 5.02 Å². The molecule has 0 spiro atoms. The molecule has 0 aliphatic carbocycles. The lowest BCUT2D eigenvalue weighted by molar-refractivity contribution is 0.417. The first kappa shape index (κ1) is 10.4. The fourth-order valence-electron chi connectivity index (χ4n) is 0.987. The minimum atomic E-state index is -1.03. The fourth-order valence-corrected chi connectivity index (χ4v) is 1.81. The van der Waals surface area contributed by atoms with Crippen LogP contribution in [-0.4, -0.2) is 0 Å². The molecule has 0 atom stereocenters. The summed E-state index contributed by atoms with van der Waals surface area (Å²) in [5, 5.41) is 4.50. The molecule has 15 heavy (non-hydrogen) atoms. The van der Waals surface area contributed by atoms with E-state index >= 15 is 0 Å². The van der Waals surface area contributed by atoms with Gasteiger partial charge in [-0.25, -0.2) is 4.39 Å². The zero-order valence-electron chi connectivity index (χ0n) is 7.26. The highest BCUT2D eigenvalue weighted by atomic mass is 35.5. The smallest absolute Gasteiger partial charge is 0.201 e. The van der Waals surface area contributed by atoms with Crippen LogP contribution < -0.4 is 4.74 Å². The van der Waals surface area contributed by atoms with E-state index in [1.165, 1.54) is 23.5 Å². The molecule has 77 valence electrons. The van der Waals surface area contributed by atoms with E-state index < -0.39 is 11.6 Å². The van der Waals surface area contributed by atoms with Gasteiger partial charge in [0.25, 0.3) is 0 Å². The predicted molar refractivity (Wildman–Crippen MR) is 54.6 cm³/mol. The van der Waals surface area contributed by atoms with Gasteiger partial charge in [0.15, 0.2) is 17.3 Å². The molecule has 1 aromatic heterocycles. The first-order valence-corrected chi connectivity index (χ1v) is 5.21. The van der Waals surface area contributed by atoms with Gasteiger partial charge < -0.3 is 4.74 Å². The lowest BCUT2D eigenvalue weighted by Crippen LogP contribution is -1.90. The summed E-state index contributed by atoms with van der Waals surface area (Å²) >= 11 is 6.89. The number of ether oxygens (including phenoxy) is 1. The van der Waals surface area contributed by atoms with Gasteiger partial charge in [0, 0.05) is 5.38 Å². The van der Waals surface area contributed by atoms with E-state index in [1.54, 1.807) is 5.38 Å². The Labute approximate surface area is 93.9 Å². The quantitative estimate of drug-likeness (QED) is 0.768. The molecule has 2 aromatic rings. The largest absolute Gasteiger partial charge is 0.452 e. The second-order valence-corrected chi connectivity index (χ2v) is 3.72. The topological polar surface area (TPSA) is 9.23 Å². The lowest BCUT2D eigenvalue weighted by Gasteiger charge is -2.05. The van der Waals surface area contributed by atoms with Crippen molar-refractivity contribution in [2.24, 2.45) is 0 Å². The summed E-state index contributed by atoms with van der Waals surface area (Å²) in [6, 6.07) is 3.70. The summed E-state index contributed by atoms with van der Waals surface area (Å²) in [5.41, 5.74) is 0. The molecule has 1 radical (unpaired) electrons. The van der Waals surface area contributed by atoms with Gasteiger partial charge in [-0.3, -0.25) is 0 Å². The van der Waals surface area contributed by atoms with Crippen molar-refractivity contribution in [2.45, 2.75) is 0 Å². The minimum absolute atomic E-state index is 0.191. The minimum Gasteiger partial charge on any atom is -0.452 e. The SMILES string of the molecule is Fc1cccc(Oc2cs[c]c2Cl)c1F. The van der Waals surface area contributed by atoms with Crippen LogP contribution in [0.1, 0.15) is 0 Å². The van der Waals surface area contributed by atoms with Crippen LogP contribution in [0.25, 0.3) is 0 Å².